The van der Waals surface area contributed by atoms with Crippen LogP contribution in [-0.4, -0.2) is 11.6 Å². The minimum atomic E-state index is -0.739. The van der Waals surface area contributed by atoms with Crippen molar-refractivity contribution in [2.24, 2.45) is 0 Å². The molecule has 1 aliphatic heterocycles. The average Bonchev–Trinajstić information content (AvgIpc) is 2.66. The first-order valence-corrected chi connectivity index (χ1v) is 10.6. The number of ketones is 2. The van der Waals surface area contributed by atoms with E-state index >= 15 is 0 Å². The van der Waals surface area contributed by atoms with Crippen LogP contribution in [0.2, 0.25) is 0 Å². The Morgan fingerprint density at radius 1 is 0.821 bits per heavy atom. The molecule has 1 atom stereocenters. The Morgan fingerprint density at radius 3 is 2.11 bits per heavy atom. The SMILES string of the molecule is CC(C)c1cccc(C(C)C)c1C1C(=O)C=C2Sc3ccccc3C=C2C1=O. The molecular formula is C25H24O2S. The maximum Gasteiger partial charge on any atom is 0.179 e. The lowest BCUT2D eigenvalue weighted by atomic mass is 9.75. The van der Waals surface area contributed by atoms with Crippen LogP contribution in [0.25, 0.3) is 6.08 Å². The van der Waals surface area contributed by atoms with E-state index in [-0.39, 0.29) is 23.4 Å². The number of thioether (sulfide) groups is 1. The Morgan fingerprint density at radius 2 is 1.46 bits per heavy atom. The molecule has 1 heterocycles. The summed E-state index contributed by atoms with van der Waals surface area (Å²) in [4.78, 5) is 28.6. The number of fused-ring (bicyclic) bond motifs is 2. The Labute approximate surface area is 170 Å². The van der Waals surface area contributed by atoms with Crippen LogP contribution >= 0.6 is 11.8 Å². The summed E-state index contributed by atoms with van der Waals surface area (Å²) in [5, 5.41) is 0. The van der Waals surface area contributed by atoms with Gasteiger partial charge in [0.1, 0.15) is 5.92 Å². The van der Waals surface area contributed by atoms with Crippen molar-refractivity contribution in [1.29, 1.82) is 0 Å². The summed E-state index contributed by atoms with van der Waals surface area (Å²) in [5.41, 5.74) is 4.82. The molecule has 2 nitrogen and oxygen atoms in total. The number of hydrogen-bond donors (Lipinski definition) is 0. The van der Waals surface area contributed by atoms with E-state index in [0.717, 1.165) is 32.1 Å². The van der Waals surface area contributed by atoms with Gasteiger partial charge in [-0.2, -0.15) is 0 Å². The van der Waals surface area contributed by atoms with Crippen molar-refractivity contribution in [2.45, 2.75) is 50.3 Å². The zero-order valence-electron chi connectivity index (χ0n) is 16.7. The summed E-state index contributed by atoms with van der Waals surface area (Å²) in [6, 6.07) is 14.2. The van der Waals surface area contributed by atoms with Crippen LogP contribution < -0.4 is 0 Å². The number of rotatable bonds is 3. The van der Waals surface area contributed by atoms with E-state index in [1.807, 2.05) is 36.4 Å². The topological polar surface area (TPSA) is 34.1 Å². The molecule has 0 saturated carbocycles. The molecule has 0 radical (unpaired) electrons. The number of allylic oxidation sites excluding steroid dienone is 2. The predicted octanol–water partition coefficient (Wildman–Crippen LogP) is 6.24. The van der Waals surface area contributed by atoms with Crippen LogP contribution in [-0.2, 0) is 9.59 Å². The number of benzene rings is 2. The van der Waals surface area contributed by atoms with Crippen molar-refractivity contribution in [2.75, 3.05) is 0 Å². The van der Waals surface area contributed by atoms with Gasteiger partial charge in [-0.1, -0.05) is 75.9 Å². The molecule has 2 aliphatic rings. The van der Waals surface area contributed by atoms with Gasteiger partial charge in [-0.3, -0.25) is 9.59 Å². The fraction of sp³-hybridized carbons (Fsp3) is 0.280. The lowest BCUT2D eigenvalue weighted by molar-refractivity contribution is -0.125. The lowest BCUT2D eigenvalue weighted by Crippen LogP contribution is -2.30. The molecular weight excluding hydrogens is 364 g/mol. The Hall–Kier alpha value is -2.39. The molecule has 28 heavy (non-hydrogen) atoms. The van der Waals surface area contributed by atoms with E-state index in [2.05, 4.69) is 39.8 Å². The summed E-state index contributed by atoms with van der Waals surface area (Å²) in [7, 11) is 0. The first-order valence-electron chi connectivity index (χ1n) is 9.80. The molecule has 0 bridgehead atoms. The van der Waals surface area contributed by atoms with Crippen molar-refractivity contribution in [3.05, 3.63) is 81.3 Å². The number of carbonyl (C=O) groups excluding carboxylic acids is 2. The van der Waals surface area contributed by atoms with E-state index < -0.39 is 5.92 Å². The van der Waals surface area contributed by atoms with Gasteiger partial charge in [0.25, 0.3) is 0 Å². The molecule has 0 amide bonds. The summed E-state index contributed by atoms with van der Waals surface area (Å²) < 4.78 is 0. The molecule has 0 fully saturated rings. The van der Waals surface area contributed by atoms with E-state index in [4.69, 9.17) is 0 Å². The molecule has 2 aromatic carbocycles. The van der Waals surface area contributed by atoms with Crippen LogP contribution in [0.5, 0.6) is 0 Å². The fourth-order valence-electron chi connectivity index (χ4n) is 4.11. The molecule has 1 aliphatic carbocycles. The van der Waals surface area contributed by atoms with Crippen LogP contribution in [0.4, 0.5) is 0 Å². The zero-order chi connectivity index (χ0) is 20.0. The molecule has 2 aromatic rings. The van der Waals surface area contributed by atoms with Gasteiger partial charge in [0.2, 0.25) is 0 Å². The molecule has 142 valence electrons. The first kappa shape index (κ1) is 18.9. The monoisotopic (exact) mass is 388 g/mol. The minimum Gasteiger partial charge on any atom is -0.294 e. The van der Waals surface area contributed by atoms with Crippen molar-refractivity contribution >= 4 is 29.4 Å². The molecule has 4 rings (SSSR count). The summed E-state index contributed by atoms with van der Waals surface area (Å²) >= 11 is 1.52. The maximum atomic E-state index is 13.6. The number of carbonyl (C=O) groups is 2. The second-order valence-electron chi connectivity index (χ2n) is 8.07. The largest absolute Gasteiger partial charge is 0.294 e. The van der Waals surface area contributed by atoms with Gasteiger partial charge in [0.15, 0.2) is 11.6 Å². The van der Waals surface area contributed by atoms with E-state index in [1.54, 1.807) is 6.08 Å². The third kappa shape index (κ3) is 3.08. The van der Waals surface area contributed by atoms with Crippen molar-refractivity contribution in [3.63, 3.8) is 0 Å². The van der Waals surface area contributed by atoms with Gasteiger partial charge in [0.05, 0.1) is 0 Å². The van der Waals surface area contributed by atoms with Crippen molar-refractivity contribution in [1.82, 2.24) is 0 Å². The van der Waals surface area contributed by atoms with Crippen LogP contribution in [0, 0.1) is 0 Å². The second kappa shape index (κ2) is 7.21. The van der Waals surface area contributed by atoms with Crippen molar-refractivity contribution in [3.8, 4) is 0 Å². The summed E-state index contributed by atoms with van der Waals surface area (Å²) in [5.74, 6) is -0.416. The van der Waals surface area contributed by atoms with E-state index in [0.29, 0.717) is 5.57 Å². The van der Waals surface area contributed by atoms with Gasteiger partial charge in [-0.15, -0.1) is 0 Å². The average molecular weight is 389 g/mol. The third-order valence-corrected chi connectivity index (χ3v) is 6.65. The van der Waals surface area contributed by atoms with Gasteiger partial charge < -0.3 is 0 Å². The number of hydrogen-bond acceptors (Lipinski definition) is 3. The zero-order valence-corrected chi connectivity index (χ0v) is 17.5. The molecule has 0 spiro atoms. The number of Topliss-reactive ketones (excluding diaryl/α,β-unsaturated/α-hetero) is 1. The van der Waals surface area contributed by atoms with Crippen LogP contribution in [0.1, 0.15) is 67.7 Å². The molecule has 0 saturated heterocycles. The molecule has 0 aromatic heterocycles. The van der Waals surface area contributed by atoms with Gasteiger partial charge in [0, 0.05) is 15.4 Å². The first-order chi connectivity index (χ1) is 13.4. The van der Waals surface area contributed by atoms with Gasteiger partial charge >= 0.3 is 0 Å². The van der Waals surface area contributed by atoms with Crippen LogP contribution in [0.15, 0.2) is 63.9 Å². The normalized spacial score (nSPS) is 18.7. The minimum absolute atomic E-state index is 0.0699. The van der Waals surface area contributed by atoms with Gasteiger partial charge in [-0.05, 0) is 52.3 Å². The standard InChI is InChI=1S/C25H24O2S/c1-14(2)17-9-7-10-18(15(3)4)23(17)24-20(26)13-22-19(25(24)27)12-16-8-5-6-11-21(16)28-22/h5-15,24H,1-4H3. The highest BCUT2D eigenvalue weighted by Gasteiger charge is 2.39. The van der Waals surface area contributed by atoms with Gasteiger partial charge in [-0.25, -0.2) is 0 Å². The quantitative estimate of drug-likeness (QED) is 0.584. The van der Waals surface area contributed by atoms with E-state index in [1.165, 1.54) is 11.8 Å². The van der Waals surface area contributed by atoms with Crippen molar-refractivity contribution < 1.29 is 9.59 Å². The Kier molecular flexibility index (Phi) is 4.88. The molecule has 1 unspecified atom stereocenters. The Bertz CT molecular complexity index is 1010. The van der Waals surface area contributed by atoms with Crippen LogP contribution in [0.3, 0.4) is 0 Å². The maximum absolute atomic E-state index is 13.6. The highest BCUT2D eigenvalue weighted by Crippen LogP contribution is 2.46. The Balaban J connectivity index is 1.90. The fourth-order valence-corrected chi connectivity index (χ4v) is 5.18. The highest BCUT2D eigenvalue weighted by molar-refractivity contribution is 8.03. The highest BCUT2D eigenvalue weighted by atomic mass is 32.2. The third-order valence-electron chi connectivity index (χ3n) is 5.50. The second-order valence-corrected chi connectivity index (χ2v) is 9.15. The molecule has 3 heteroatoms. The summed E-state index contributed by atoms with van der Waals surface area (Å²) in [6.45, 7) is 8.48. The summed E-state index contributed by atoms with van der Waals surface area (Å²) in [6.07, 6.45) is 3.63. The molecule has 0 N–H and O–H groups in total. The predicted molar refractivity (Wildman–Crippen MR) is 116 cm³/mol. The lowest BCUT2D eigenvalue weighted by Gasteiger charge is -2.30. The smallest absolute Gasteiger partial charge is 0.179 e. The van der Waals surface area contributed by atoms with E-state index in [9.17, 15) is 9.59 Å².